The van der Waals surface area contributed by atoms with Gasteiger partial charge >= 0.3 is 0 Å². The van der Waals surface area contributed by atoms with Gasteiger partial charge in [0.05, 0.1) is 0 Å². The van der Waals surface area contributed by atoms with Crippen LogP contribution in [0.2, 0.25) is 0 Å². The molecule has 0 aliphatic heterocycles. The molecule has 0 saturated carbocycles. The Kier molecular flexibility index (Phi) is 21.6. The molecule has 0 bridgehead atoms. The van der Waals surface area contributed by atoms with Crippen LogP contribution in [0.5, 0.6) is 0 Å². The summed E-state index contributed by atoms with van der Waals surface area (Å²) in [6.07, 6.45) is 32.0. The van der Waals surface area contributed by atoms with Crippen LogP contribution in [-0.2, 0) is 0 Å². The fourth-order valence-electron chi connectivity index (χ4n) is 4.41. The van der Waals surface area contributed by atoms with Crippen molar-refractivity contribution in [2.45, 2.75) is 174 Å². The number of hydrogen-bond donors (Lipinski definition) is 1. The van der Waals surface area contributed by atoms with Gasteiger partial charge < -0.3 is 5.73 Å². The second-order valence-electron chi connectivity index (χ2n) is 9.58. The molecule has 170 valence electrons. The Hall–Kier alpha value is -0.0400. The van der Waals surface area contributed by atoms with E-state index in [1.54, 1.807) is 0 Å². The first-order valence-electron chi connectivity index (χ1n) is 13.5. The van der Waals surface area contributed by atoms with E-state index in [2.05, 4.69) is 20.8 Å². The highest BCUT2D eigenvalue weighted by Crippen LogP contribution is 2.24. The lowest BCUT2D eigenvalue weighted by molar-refractivity contribution is 0.324. The fourth-order valence-corrected chi connectivity index (χ4v) is 4.41. The summed E-state index contributed by atoms with van der Waals surface area (Å²) < 4.78 is 0. The molecule has 1 nitrogen and oxygen atoms in total. The van der Waals surface area contributed by atoms with E-state index in [0.29, 0.717) is 0 Å². The van der Waals surface area contributed by atoms with Crippen molar-refractivity contribution >= 4 is 0 Å². The second-order valence-corrected chi connectivity index (χ2v) is 9.58. The molecule has 0 aromatic carbocycles. The van der Waals surface area contributed by atoms with Gasteiger partial charge in [-0.15, -0.1) is 0 Å². The molecule has 0 aliphatic carbocycles. The second kappa shape index (κ2) is 21.7. The van der Waals surface area contributed by atoms with E-state index in [9.17, 15) is 0 Å². The molecule has 0 rings (SSSR count). The van der Waals surface area contributed by atoms with E-state index in [-0.39, 0.29) is 5.54 Å². The van der Waals surface area contributed by atoms with Crippen molar-refractivity contribution in [3.05, 3.63) is 0 Å². The molecule has 0 saturated heterocycles. The van der Waals surface area contributed by atoms with Gasteiger partial charge in [0.1, 0.15) is 0 Å². The first-order chi connectivity index (χ1) is 13.7. The molecule has 0 aromatic heterocycles. The summed E-state index contributed by atoms with van der Waals surface area (Å²) >= 11 is 0. The molecule has 0 radical (unpaired) electrons. The first-order valence-corrected chi connectivity index (χ1v) is 13.5. The van der Waals surface area contributed by atoms with Crippen LogP contribution < -0.4 is 5.73 Å². The Morgan fingerprint density at radius 1 is 0.393 bits per heavy atom. The summed E-state index contributed by atoms with van der Waals surface area (Å²) in [6.45, 7) is 6.89. The zero-order chi connectivity index (χ0) is 20.8. The van der Waals surface area contributed by atoms with E-state index in [1.807, 2.05) is 0 Å². The molecule has 0 aliphatic rings. The van der Waals surface area contributed by atoms with Crippen LogP contribution in [0.4, 0.5) is 0 Å². The molecule has 0 aromatic rings. The van der Waals surface area contributed by atoms with E-state index in [1.165, 1.54) is 141 Å². The third-order valence-electron chi connectivity index (χ3n) is 6.76. The predicted octanol–water partition coefficient (Wildman–Crippen LogP) is 9.72. The van der Waals surface area contributed by atoms with E-state index in [0.717, 1.165) is 6.42 Å². The predicted molar refractivity (Wildman–Crippen MR) is 130 cm³/mol. The summed E-state index contributed by atoms with van der Waals surface area (Å²) in [5, 5.41) is 0. The smallest absolute Gasteiger partial charge is 0.0151 e. The molecule has 0 spiro atoms. The third-order valence-corrected chi connectivity index (χ3v) is 6.76. The zero-order valence-electron chi connectivity index (χ0n) is 20.3. The summed E-state index contributed by atoms with van der Waals surface area (Å²) in [5.74, 6) is 0. The molecular formula is C27H57N. The van der Waals surface area contributed by atoms with Crippen LogP contribution >= 0.6 is 0 Å². The first kappa shape index (κ1) is 28.0. The van der Waals surface area contributed by atoms with Crippen LogP contribution in [-0.4, -0.2) is 5.54 Å². The molecule has 0 unspecified atom stereocenters. The summed E-state index contributed by atoms with van der Waals surface area (Å²) in [7, 11) is 0. The topological polar surface area (TPSA) is 26.0 Å². The molecule has 28 heavy (non-hydrogen) atoms. The molecule has 0 heterocycles. The highest BCUT2D eigenvalue weighted by molar-refractivity contribution is 4.82. The Balaban J connectivity index is 3.47. The lowest BCUT2D eigenvalue weighted by atomic mass is 9.85. The Morgan fingerprint density at radius 3 is 0.893 bits per heavy atom. The van der Waals surface area contributed by atoms with Crippen molar-refractivity contribution in [3.8, 4) is 0 Å². The number of nitrogens with two attached hydrogens (primary N) is 1. The summed E-state index contributed by atoms with van der Waals surface area (Å²) in [4.78, 5) is 0. The largest absolute Gasteiger partial charge is 0.325 e. The van der Waals surface area contributed by atoms with Crippen molar-refractivity contribution in [2.24, 2.45) is 5.73 Å². The zero-order valence-corrected chi connectivity index (χ0v) is 20.3. The van der Waals surface area contributed by atoms with Crippen molar-refractivity contribution in [1.29, 1.82) is 0 Å². The van der Waals surface area contributed by atoms with Gasteiger partial charge in [0, 0.05) is 5.54 Å². The normalized spacial score (nSPS) is 12.0. The van der Waals surface area contributed by atoms with Crippen LogP contribution in [0.3, 0.4) is 0 Å². The number of unbranched alkanes of at least 4 members (excludes halogenated alkanes) is 18. The Morgan fingerprint density at radius 2 is 0.643 bits per heavy atom. The maximum absolute atomic E-state index is 6.72. The van der Waals surface area contributed by atoms with Crippen LogP contribution in [0.25, 0.3) is 0 Å². The lowest BCUT2D eigenvalue weighted by Crippen LogP contribution is -2.38. The fraction of sp³-hybridized carbons (Fsp3) is 1.00. The average molecular weight is 396 g/mol. The SMILES string of the molecule is CCCCCCCCCCCCC(N)(CC)CCCCCCCCCCCC. The van der Waals surface area contributed by atoms with Gasteiger partial charge in [-0.1, -0.05) is 149 Å². The van der Waals surface area contributed by atoms with Crippen molar-refractivity contribution < 1.29 is 0 Å². The van der Waals surface area contributed by atoms with Crippen LogP contribution in [0.15, 0.2) is 0 Å². The molecule has 2 N–H and O–H groups in total. The van der Waals surface area contributed by atoms with Gasteiger partial charge in [-0.25, -0.2) is 0 Å². The van der Waals surface area contributed by atoms with Crippen LogP contribution in [0, 0.1) is 0 Å². The van der Waals surface area contributed by atoms with Gasteiger partial charge in [-0.2, -0.15) is 0 Å². The van der Waals surface area contributed by atoms with Crippen molar-refractivity contribution in [1.82, 2.24) is 0 Å². The summed E-state index contributed by atoms with van der Waals surface area (Å²) in [5.41, 5.74) is 6.84. The minimum absolute atomic E-state index is 0.125. The van der Waals surface area contributed by atoms with E-state index < -0.39 is 0 Å². The van der Waals surface area contributed by atoms with Gasteiger partial charge in [0.25, 0.3) is 0 Å². The van der Waals surface area contributed by atoms with Crippen molar-refractivity contribution in [2.75, 3.05) is 0 Å². The van der Waals surface area contributed by atoms with E-state index in [4.69, 9.17) is 5.73 Å². The van der Waals surface area contributed by atoms with Gasteiger partial charge in [-0.3, -0.25) is 0 Å². The maximum atomic E-state index is 6.72. The number of rotatable bonds is 23. The van der Waals surface area contributed by atoms with E-state index >= 15 is 0 Å². The quantitative estimate of drug-likeness (QED) is 0.171. The summed E-state index contributed by atoms with van der Waals surface area (Å²) in [6, 6.07) is 0. The lowest BCUT2D eigenvalue weighted by Gasteiger charge is -2.28. The van der Waals surface area contributed by atoms with Gasteiger partial charge in [0.15, 0.2) is 0 Å². The number of hydrogen-bond acceptors (Lipinski definition) is 1. The third kappa shape index (κ3) is 19.3. The molecule has 1 heteroatoms. The highest BCUT2D eigenvalue weighted by Gasteiger charge is 2.21. The molecule has 0 amide bonds. The average Bonchev–Trinajstić information content (AvgIpc) is 2.71. The highest BCUT2D eigenvalue weighted by atomic mass is 14.7. The molecule has 0 atom stereocenters. The minimum Gasteiger partial charge on any atom is -0.325 e. The molecular weight excluding hydrogens is 338 g/mol. The van der Waals surface area contributed by atoms with Gasteiger partial charge in [-0.05, 0) is 19.3 Å². The Bertz CT molecular complexity index is 262. The standard InChI is InChI=1S/C27H57N/c1-4-7-9-11-13-15-17-19-21-23-25-27(28,6-3)26-24-22-20-18-16-14-12-10-8-5-2/h4-26,28H2,1-3H3. The van der Waals surface area contributed by atoms with Gasteiger partial charge in [0.2, 0.25) is 0 Å². The Labute approximate surface area is 180 Å². The maximum Gasteiger partial charge on any atom is 0.0151 e. The van der Waals surface area contributed by atoms with Crippen LogP contribution in [0.1, 0.15) is 168 Å². The minimum atomic E-state index is 0.125. The monoisotopic (exact) mass is 395 g/mol. The van der Waals surface area contributed by atoms with Crippen molar-refractivity contribution in [3.63, 3.8) is 0 Å². The molecule has 0 fully saturated rings.